The van der Waals surface area contributed by atoms with E-state index in [4.69, 9.17) is 16.3 Å². The van der Waals surface area contributed by atoms with Gasteiger partial charge in [0.05, 0.1) is 13.2 Å². The fourth-order valence-electron chi connectivity index (χ4n) is 2.03. The van der Waals surface area contributed by atoms with Crippen LogP contribution in [0.4, 0.5) is 11.4 Å². The molecule has 0 saturated carbocycles. The van der Waals surface area contributed by atoms with Crippen molar-refractivity contribution in [2.24, 2.45) is 0 Å². The SMILES string of the molecule is CCCOc1ccc(NC(=O)CNc2cccc(Cl)c2C)cc1. The van der Waals surface area contributed by atoms with E-state index in [0.29, 0.717) is 11.6 Å². The van der Waals surface area contributed by atoms with E-state index in [2.05, 4.69) is 17.6 Å². The average Bonchev–Trinajstić information content (AvgIpc) is 2.55. The molecule has 0 heterocycles. The van der Waals surface area contributed by atoms with Crippen LogP contribution in [0.3, 0.4) is 0 Å². The van der Waals surface area contributed by atoms with Crippen LogP contribution in [0, 0.1) is 6.92 Å². The molecule has 0 spiro atoms. The zero-order valence-corrected chi connectivity index (χ0v) is 14.1. The summed E-state index contributed by atoms with van der Waals surface area (Å²) in [6.07, 6.45) is 0.965. The van der Waals surface area contributed by atoms with Crippen molar-refractivity contribution in [3.63, 3.8) is 0 Å². The first-order valence-electron chi connectivity index (χ1n) is 7.62. The average molecular weight is 333 g/mol. The number of hydrogen-bond donors (Lipinski definition) is 2. The van der Waals surface area contributed by atoms with Crippen molar-refractivity contribution in [1.82, 2.24) is 0 Å². The maximum absolute atomic E-state index is 12.0. The molecular formula is C18H21ClN2O2. The van der Waals surface area contributed by atoms with Gasteiger partial charge in [-0.25, -0.2) is 0 Å². The molecule has 2 N–H and O–H groups in total. The molecule has 0 fully saturated rings. The van der Waals surface area contributed by atoms with Crippen LogP contribution in [0.1, 0.15) is 18.9 Å². The molecular weight excluding hydrogens is 312 g/mol. The molecule has 23 heavy (non-hydrogen) atoms. The lowest BCUT2D eigenvalue weighted by Gasteiger charge is -2.11. The highest BCUT2D eigenvalue weighted by Crippen LogP contribution is 2.22. The maximum atomic E-state index is 12.0. The Morgan fingerprint density at radius 1 is 1.17 bits per heavy atom. The highest BCUT2D eigenvalue weighted by Gasteiger charge is 2.05. The highest BCUT2D eigenvalue weighted by molar-refractivity contribution is 6.31. The highest BCUT2D eigenvalue weighted by atomic mass is 35.5. The van der Waals surface area contributed by atoms with Gasteiger partial charge in [-0.05, 0) is 55.3 Å². The topological polar surface area (TPSA) is 50.4 Å². The number of halogens is 1. The van der Waals surface area contributed by atoms with Gasteiger partial charge in [-0.15, -0.1) is 0 Å². The van der Waals surface area contributed by atoms with Gasteiger partial charge in [0.2, 0.25) is 5.91 Å². The Kier molecular flexibility index (Phi) is 6.29. The third-order valence-corrected chi connectivity index (χ3v) is 3.73. The van der Waals surface area contributed by atoms with Crippen LogP contribution in [0.15, 0.2) is 42.5 Å². The number of anilines is 2. The molecule has 0 saturated heterocycles. The minimum absolute atomic E-state index is 0.119. The Labute approximate surface area is 141 Å². The summed E-state index contributed by atoms with van der Waals surface area (Å²) in [4.78, 5) is 12.0. The van der Waals surface area contributed by atoms with Crippen molar-refractivity contribution < 1.29 is 9.53 Å². The number of amides is 1. The van der Waals surface area contributed by atoms with E-state index >= 15 is 0 Å². The van der Waals surface area contributed by atoms with Gasteiger partial charge < -0.3 is 15.4 Å². The summed E-state index contributed by atoms with van der Waals surface area (Å²) in [6.45, 7) is 4.84. The molecule has 1 amide bonds. The van der Waals surface area contributed by atoms with Crippen molar-refractivity contribution in [2.75, 3.05) is 23.8 Å². The van der Waals surface area contributed by atoms with Gasteiger partial charge in [0.15, 0.2) is 0 Å². The Bertz CT molecular complexity index is 657. The molecule has 2 rings (SSSR count). The first-order valence-corrected chi connectivity index (χ1v) is 7.99. The largest absolute Gasteiger partial charge is 0.494 e. The first kappa shape index (κ1) is 17.2. The lowest BCUT2D eigenvalue weighted by atomic mass is 10.2. The normalized spacial score (nSPS) is 10.2. The fraction of sp³-hybridized carbons (Fsp3) is 0.278. The molecule has 0 aliphatic heterocycles. The van der Waals surface area contributed by atoms with Crippen LogP contribution < -0.4 is 15.4 Å². The Hall–Kier alpha value is -2.20. The number of rotatable bonds is 7. The van der Waals surface area contributed by atoms with Crippen LogP contribution in [-0.4, -0.2) is 19.1 Å². The number of carbonyl (C=O) groups excluding carboxylic acids is 1. The van der Waals surface area contributed by atoms with Gasteiger partial charge in [0, 0.05) is 16.4 Å². The Morgan fingerprint density at radius 3 is 2.61 bits per heavy atom. The quantitative estimate of drug-likeness (QED) is 0.785. The minimum Gasteiger partial charge on any atom is -0.494 e. The summed E-state index contributed by atoms with van der Waals surface area (Å²) in [6, 6.07) is 12.9. The van der Waals surface area contributed by atoms with Gasteiger partial charge in [0.25, 0.3) is 0 Å². The monoisotopic (exact) mass is 332 g/mol. The molecule has 0 aliphatic carbocycles. The van der Waals surface area contributed by atoms with E-state index in [1.165, 1.54) is 0 Å². The molecule has 2 aromatic carbocycles. The summed E-state index contributed by atoms with van der Waals surface area (Å²) in [5.41, 5.74) is 2.53. The van der Waals surface area contributed by atoms with Crippen molar-refractivity contribution in [3.05, 3.63) is 53.1 Å². The zero-order valence-electron chi connectivity index (χ0n) is 13.4. The maximum Gasteiger partial charge on any atom is 0.243 e. The van der Waals surface area contributed by atoms with Crippen LogP contribution in [0.5, 0.6) is 5.75 Å². The van der Waals surface area contributed by atoms with E-state index in [1.54, 1.807) is 0 Å². The van der Waals surface area contributed by atoms with Crippen molar-refractivity contribution in [3.8, 4) is 5.75 Å². The third kappa shape index (κ3) is 5.18. The second-order valence-electron chi connectivity index (χ2n) is 5.19. The standard InChI is InChI=1S/C18H21ClN2O2/c1-3-11-23-15-9-7-14(8-10-15)21-18(22)12-20-17-6-4-5-16(19)13(17)2/h4-10,20H,3,11-12H2,1-2H3,(H,21,22). The zero-order chi connectivity index (χ0) is 16.7. The molecule has 0 bridgehead atoms. The van der Waals surface area contributed by atoms with Crippen LogP contribution >= 0.6 is 11.6 Å². The number of nitrogens with one attached hydrogen (secondary N) is 2. The predicted molar refractivity (Wildman–Crippen MR) is 95.5 cm³/mol. The van der Waals surface area contributed by atoms with Crippen molar-refractivity contribution in [2.45, 2.75) is 20.3 Å². The van der Waals surface area contributed by atoms with Crippen molar-refractivity contribution >= 4 is 28.9 Å². The Balaban J connectivity index is 1.86. The van der Waals surface area contributed by atoms with Crippen LogP contribution in [0.25, 0.3) is 0 Å². The van der Waals surface area contributed by atoms with Gasteiger partial charge in [0.1, 0.15) is 5.75 Å². The summed E-state index contributed by atoms with van der Waals surface area (Å²) in [7, 11) is 0. The second kappa shape index (κ2) is 8.44. The lowest BCUT2D eigenvalue weighted by Crippen LogP contribution is -2.22. The lowest BCUT2D eigenvalue weighted by molar-refractivity contribution is -0.114. The molecule has 0 aromatic heterocycles. The molecule has 5 heteroatoms. The summed E-state index contributed by atoms with van der Waals surface area (Å²) in [5.74, 6) is 0.684. The van der Waals surface area contributed by atoms with Crippen LogP contribution in [-0.2, 0) is 4.79 Å². The molecule has 0 radical (unpaired) electrons. The van der Waals surface area contributed by atoms with Gasteiger partial charge >= 0.3 is 0 Å². The number of benzene rings is 2. The van der Waals surface area contributed by atoms with Gasteiger partial charge in [-0.3, -0.25) is 4.79 Å². The summed E-state index contributed by atoms with van der Waals surface area (Å²) in [5, 5.41) is 6.61. The number of hydrogen-bond acceptors (Lipinski definition) is 3. The van der Waals surface area contributed by atoms with Gasteiger partial charge in [-0.2, -0.15) is 0 Å². The fourth-order valence-corrected chi connectivity index (χ4v) is 2.21. The number of ether oxygens (including phenoxy) is 1. The van der Waals surface area contributed by atoms with E-state index in [1.807, 2.05) is 49.4 Å². The van der Waals surface area contributed by atoms with E-state index in [0.717, 1.165) is 29.1 Å². The number of carbonyl (C=O) groups is 1. The molecule has 0 unspecified atom stereocenters. The van der Waals surface area contributed by atoms with E-state index in [9.17, 15) is 4.79 Å². The van der Waals surface area contributed by atoms with Gasteiger partial charge in [-0.1, -0.05) is 24.6 Å². The Morgan fingerprint density at radius 2 is 1.91 bits per heavy atom. The molecule has 4 nitrogen and oxygen atoms in total. The summed E-state index contributed by atoms with van der Waals surface area (Å²) >= 11 is 6.06. The molecule has 122 valence electrons. The second-order valence-corrected chi connectivity index (χ2v) is 5.59. The first-order chi connectivity index (χ1) is 11.1. The van der Waals surface area contributed by atoms with E-state index < -0.39 is 0 Å². The molecule has 2 aromatic rings. The predicted octanol–water partition coefficient (Wildman–Crippen LogP) is 4.49. The molecule has 0 atom stereocenters. The molecule has 0 aliphatic rings. The summed E-state index contributed by atoms with van der Waals surface area (Å²) < 4.78 is 5.51. The van der Waals surface area contributed by atoms with E-state index in [-0.39, 0.29) is 12.5 Å². The van der Waals surface area contributed by atoms with Crippen molar-refractivity contribution in [1.29, 1.82) is 0 Å². The smallest absolute Gasteiger partial charge is 0.243 e. The minimum atomic E-state index is -0.119. The van der Waals surface area contributed by atoms with Crippen LogP contribution in [0.2, 0.25) is 5.02 Å². The third-order valence-electron chi connectivity index (χ3n) is 3.32.